The van der Waals surface area contributed by atoms with E-state index >= 15 is 0 Å². The fraction of sp³-hybridized carbons (Fsp3) is 0.385. The summed E-state index contributed by atoms with van der Waals surface area (Å²) in [7, 11) is 0. The maximum absolute atomic E-state index is 11.3. The van der Waals surface area contributed by atoms with Crippen LogP contribution in [0.5, 0.6) is 0 Å². The molecule has 0 bridgehead atoms. The Morgan fingerprint density at radius 1 is 0.905 bits per heavy atom. The van der Waals surface area contributed by atoms with Gasteiger partial charge in [0.2, 0.25) is 0 Å². The lowest BCUT2D eigenvalue weighted by Crippen LogP contribution is -2.52. The van der Waals surface area contributed by atoms with Crippen molar-refractivity contribution in [3.05, 3.63) is 0 Å². The van der Waals surface area contributed by atoms with E-state index in [-0.39, 0.29) is 0 Å². The summed E-state index contributed by atoms with van der Waals surface area (Å²) in [5, 5.41) is 47.3. The normalized spacial score (nSPS) is 14.5. The largest absolute Gasteiger partial charge is 0.479 e. The van der Waals surface area contributed by atoms with Crippen molar-refractivity contribution < 1.29 is 35.1 Å². The van der Waals surface area contributed by atoms with Gasteiger partial charge in [0.05, 0.1) is 0 Å². The molecule has 0 aliphatic carbocycles. The molecule has 0 saturated heterocycles. The highest BCUT2D eigenvalue weighted by Gasteiger charge is 2.37. The van der Waals surface area contributed by atoms with E-state index in [0.717, 1.165) is 0 Å². The fourth-order valence-electron chi connectivity index (χ4n) is 0.998. The van der Waals surface area contributed by atoms with Crippen LogP contribution in [0.15, 0.2) is 0 Å². The van der Waals surface area contributed by atoms with E-state index in [9.17, 15) is 24.9 Å². The number of aliphatic hydroxyl groups excluding tert-OH is 4. The molecule has 0 spiro atoms. The Hall–Kier alpha value is -2.54. The molecule has 0 aromatic rings. The number of aliphatic hydroxyl groups is 4. The molecule has 21 heavy (non-hydrogen) atoms. The maximum Gasteiger partial charge on any atom is 0.335 e. The predicted molar refractivity (Wildman–Crippen MR) is 68.8 cm³/mol. The highest BCUT2D eigenvalue weighted by atomic mass is 16.4. The second-order valence-corrected chi connectivity index (χ2v) is 3.57. The Balaban J connectivity index is 4.60. The zero-order valence-corrected chi connectivity index (χ0v) is 10.9. The zero-order chi connectivity index (χ0) is 16.4. The third-order valence-corrected chi connectivity index (χ3v) is 2.08. The molecule has 0 heterocycles. The molecule has 1 amide bonds. The average Bonchev–Trinajstić information content (AvgIpc) is 2.47. The Morgan fingerprint density at radius 2 is 1.43 bits per heavy atom. The number of carboxylic acid groups (broad SMARTS) is 1. The Labute approximate surface area is 120 Å². The van der Waals surface area contributed by atoms with Crippen LogP contribution in [0.3, 0.4) is 0 Å². The van der Waals surface area contributed by atoms with Crippen LogP contribution in [-0.2, 0) is 9.59 Å². The van der Waals surface area contributed by atoms with Crippen LogP contribution in [0.4, 0.5) is 0 Å². The van der Waals surface area contributed by atoms with Crippen LogP contribution in [0.2, 0.25) is 0 Å². The highest BCUT2D eigenvalue weighted by Crippen LogP contribution is 2.05. The molecule has 0 aliphatic heterocycles. The number of carboxylic acids is 1. The predicted octanol–water partition coefficient (Wildman–Crippen LogP) is -3.38. The van der Waals surface area contributed by atoms with Gasteiger partial charge in [0.15, 0.2) is 12.2 Å². The Morgan fingerprint density at radius 3 is 1.95 bits per heavy atom. The van der Waals surface area contributed by atoms with E-state index in [1.54, 1.807) is 6.92 Å². The summed E-state index contributed by atoms with van der Waals surface area (Å²) in [4.78, 5) is 21.7. The summed E-state index contributed by atoms with van der Waals surface area (Å²) in [6, 6.07) is 2.05. The van der Waals surface area contributed by atoms with Gasteiger partial charge in [0.25, 0.3) is 5.91 Å². The first kappa shape index (κ1) is 18.5. The Bertz CT molecular complexity index is 567. The number of carbonyl (C=O) groups excluding carboxylic acids is 1. The van der Waals surface area contributed by atoms with Crippen LogP contribution in [0.25, 0.3) is 0 Å². The number of amides is 1. The standard InChI is InChI=1S/C13H13NO7/c1-2-3-4-5-6-7-14-12(19)10(17)8(15)9(16)11(18)13(20)21/h8-11,15-18H,1H3,(H,14,19)(H,20,21)/t8-,9-,10+,11-/m1/s1. The number of nitrogens with one attached hydrogen (secondary N) is 1. The lowest BCUT2D eigenvalue weighted by atomic mass is 10.0. The van der Waals surface area contributed by atoms with Gasteiger partial charge in [-0.15, -0.1) is 0 Å². The summed E-state index contributed by atoms with van der Waals surface area (Å²) in [5.41, 5.74) is 0. The molecule has 0 aromatic carbocycles. The van der Waals surface area contributed by atoms with Crippen LogP contribution < -0.4 is 5.32 Å². The molecular formula is C13H13NO7. The number of rotatable bonds is 5. The molecule has 4 atom stereocenters. The molecule has 0 radical (unpaired) electrons. The molecular weight excluding hydrogens is 282 g/mol. The molecule has 112 valence electrons. The minimum atomic E-state index is -2.35. The second-order valence-electron chi connectivity index (χ2n) is 3.57. The summed E-state index contributed by atoms with van der Waals surface area (Å²) in [5.74, 6) is 8.59. The van der Waals surface area contributed by atoms with E-state index in [4.69, 9.17) is 10.2 Å². The smallest absolute Gasteiger partial charge is 0.335 e. The molecule has 6 N–H and O–H groups in total. The van der Waals surface area contributed by atoms with Crippen LogP contribution in [0.1, 0.15) is 6.92 Å². The third-order valence-electron chi connectivity index (χ3n) is 2.08. The van der Waals surface area contributed by atoms with E-state index in [0.29, 0.717) is 0 Å². The van der Waals surface area contributed by atoms with E-state index in [2.05, 4.69) is 29.6 Å². The average molecular weight is 295 g/mol. The number of carbonyl (C=O) groups is 2. The molecule has 0 rings (SSSR count). The van der Waals surface area contributed by atoms with Crippen molar-refractivity contribution in [2.24, 2.45) is 0 Å². The summed E-state index contributed by atoms with van der Waals surface area (Å²) in [6.45, 7) is 1.57. The minimum absolute atomic E-state index is 1.20. The molecule has 0 aromatic heterocycles. The summed E-state index contributed by atoms with van der Waals surface area (Å²) >= 11 is 0. The van der Waals surface area contributed by atoms with Gasteiger partial charge in [-0.2, -0.15) is 0 Å². The lowest BCUT2D eigenvalue weighted by molar-refractivity contribution is -0.166. The number of hydrogen-bond acceptors (Lipinski definition) is 6. The first-order valence-corrected chi connectivity index (χ1v) is 5.49. The van der Waals surface area contributed by atoms with Crippen LogP contribution >= 0.6 is 0 Å². The van der Waals surface area contributed by atoms with Gasteiger partial charge < -0.3 is 25.5 Å². The van der Waals surface area contributed by atoms with Crippen molar-refractivity contribution in [2.45, 2.75) is 31.3 Å². The van der Waals surface area contributed by atoms with Crippen molar-refractivity contribution >= 4 is 11.9 Å². The van der Waals surface area contributed by atoms with Crippen LogP contribution in [-0.4, -0.2) is 61.8 Å². The lowest BCUT2D eigenvalue weighted by Gasteiger charge is -2.23. The molecule has 0 saturated carbocycles. The second kappa shape index (κ2) is 9.38. The minimum Gasteiger partial charge on any atom is -0.479 e. The van der Waals surface area contributed by atoms with Gasteiger partial charge in [-0.1, -0.05) is 5.92 Å². The molecule has 8 nitrogen and oxygen atoms in total. The van der Waals surface area contributed by atoms with Gasteiger partial charge >= 0.3 is 5.97 Å². The molecule has 0 unspecified atom stereocenters. The van der Waals surface area contributed by atoms with E-state index < -0.39 is 36.3 Å². The van der Waals surface area contributed by atoms with Crippen LogP contribution in [0, 0.1) is 35.6 Å². The first-order chi connectivity index (χ1) is 9.82. The van der Waals surface area contributed by atoms with Gasteiger partial charge in [-0.25, -0.2) is 4.79 Å². The van der Waals surface area contributed by atoms with Gasteiger partial charge in [-0.05, 0) is 18.8 Å². The highest BCUT2D eigenvalue weighted by molar-refractivity contribution is 5.83. The molecule has 8 heteroatoms. The number of hydrogen-bond donors (Lipinski definition) is 6. The van der Waals surface area contributed by atoms with Crippen molar-refractivity contribution in [3.8, 4) is 35.6 Å². The molecule has 0 aliphatic rings. The SMILES string of the molecule is CC#CC#CC#CNC(=O)[C@@H](O)[C@H](O)[C@@H](O)[C@@H](O)C(=O)O. The fourth-order valence-corrected chi connectivity index (χ4v) is 0.998. The third kappa shape index (κ3) is 6.44. The number of aliphatic carboxylic acids is 1. The Kier molecular flexibility index (Phi) is 8.24. The van der Waals surface area contributed by atoms with Crippen molar-refractivity contribution in [1.29, 1.82) is 0 Å². The van der Waals surface area contributed by atoms with Gasteiger partial charge in [-0.3, -0.25) is 10.1 Å². The van der Waals surface area contributed by atoms with E-state index in [1.807, 2.05) is 11.4 Å². The quantitative estimate of drug-likeness (QED) is 0.229. The monoisotopic (exact) mass is 295 g/mol. The zero-order valence-electron chi connectivity index (χ0n) is 10.9. The maximum atomic E-state index is 11.3. The van der Waals surface area contributed by atoms with Crippen molar-refractivity contribution in [3.63, 3.8) is 0 Å². The van der Waals surface area contributed by atoms with Crippen molar-refractivity contribution in [2.75, 3.05) is 0 Å². The first-order valence-electron chi connectivity index (χ1n) is 5.49. The van der Waals surface area contributed by atoms with E-state index in [1.165, 1.54) is 0 Å². The van der Waals surface area contributed by atoms with Gasteiger partial charge in [0.1, 0.15) is 12.2 Å². The molecule has 0 fully saturated rings. The topological polar surface area (TPSA) is 147 Å². The summed E-state index contributed by atoms with van der Waals surface area (Å²) in [6.07, 6.45) is -9.01. The summed E-state index contributed by atoms with van der Waals surface area (Å²) < 4.78 is 0. The van der Waals surface area contributed by atoms with Crippen molar-refractivity contribution in [1.82, 2.24) is 5.32 Å². The van der Waals surface area contributed by atoms with Gasteiger partial charge in [0, 0.05) is 17.9 Å².